The Hall–Kier alpha value is -2.89. The number of carbonyl (C=O) groups is 1. The summed E-state index contributed by atoms with van der Waals surface area (Å²) in [6.07, 6.45) is 0. The third-order valence-corrected chi connectivity index (χ3v) is 4.19. The minimum Gasteiger partial charge on any atom is -0.349 e. The number of carbonyl (C=O) groups excluding carboxylic acids is 1. The Kier molecular flexibility index (Phi) is 4.70. The van der Waals surface area contributed by atoms with Crippen molar-refractivity contribution in [2.24, 2.45) is 0 Å². The fourth-order valence-electron chi connectivity index (χ4n) is 2.82. The summed E-state index contributed by atoms with van der Waals surface area (Å²) < 4.78 is 1.93. The molecule has 0 bridgehead atoms. The maximum Gasteiger partial charge on any atom is 0.269 e. The average molecular weight is 337 g/mol. The van der Waals surface area contributed by atoms with E-state index >= 15 is 0 Å². The minimum atomic E-state index is -0.167. The lowest BCUT2D eigenvalue weighted by Crippen LogP contribution is -2.30. The first kappa shape index (κ1) is 17.0. The highest BCUT2D eigenvalue weighted by molar-refractivity contribution is 5.93. The van der Waals surface area contributed by atoms with Crippen LogP contribution >= 0.6 is 0 Å². The van der Waals surface area contributed by atoms with Crippen LogP contribution < -0.4 is 5.32 Å². The first-order chi connectivity index (χ1) is 11.9. The molecule has 2 heterocycles. The number of nitrogens with one attached hydrogen (secondary N) is 2. The molecule has 3 rings (SSSR count). The monoisotopic (exact) mass is 337 g/mol. The molecular formula is C19H23N5O. The Labute approximate surface area is 147 Å². The van der Waals surface area contributed by atoms with E-state index in [1.165, 1.54) is 5.56 Å². The molecule has 2 aromatic heterocycles. The zero-order valence-corrected chi connectivity index (χ0v) is 15.0. The lowest BCUT2D eigenvalue weighted by Gasteiger charge is -2.14. The highest BCUT2D eigenvalue weighted by Gasteiger charge is 2.14. The maximum atomic E-state index is 12.4. The maximum absolute atomic E-state index is 12.4. The smallest absolute Gasteiger partial charge is 0.269 e. The summed E-state index contributed by atoms with van der Waals surface area (Å²) in [6.45, 7) is 8.55. The largest absolute Gasteiger partial charge is 0.349 e. The van der Waals surface area contributed by atoms with Gasteiger partial charge in [-0.15, -0.1) is 0 Å². The normalized spacial score (nSPS) is 12.2. The topological polar surface area (TPSA) is 75.6 Å². The summed E-state index contributed by atoms with van der Waals surface area (Å²) in [6, 6.07) is 11.9. The molecule has 3 aromatic rings. The predicted molar refractivity (Wildman–Crippen MR) is 97.5 cm³/mol. The molecule has 1 aromatic carbocycles. The summed E-state index contributed by atoms with van der Waals surface area (Å²) in [5, 5.41) is 14.4. The number of aryl methyl sites for hydroxylation is 3. The third kappa shape index (κ3) is 3.79. The van der Waals surface area contributed by atoms with Gasteiger partial charge in [0, 0.05) is 17.8 Å². The van der Waals surface area contributed by atoms with Crippen molar-refractivity contribution >= 4 is 5.91 Å². The number of amides is 1. The van der Waals surface area contributed by atoms with Crippen LogP contribution in [0.15, 0.2) is 36.4 Å². The van der Waals surface area contributed by atoms with Gasteiger partial charge in [0.25, 0.3) is 5.91 Å². The van der Waals surface area contributed by atoms with Crippen LogP contribution in [-0.4, -0.2) is 32.4 Å². The summed E-state index contributed by atoms with van der Waals surface area (Å²) >= 11 is 0. The van der Waals surface area contributed by atoms with Crippen LogP contribution in [0, 0.1) is 20.8 Å². The van der Waals surface area contributed by atoms with Crippen molar-refractivity contribution in [3.05, 3.63) is 59.0 Å². The second-order valence-corrected chi connectivity index (χ2v) is 6.46. The number of rotatable bonds is 5. The number of H-pyrrole nitrogens is 1. The quantitative estimate of drug-likeness (QED) is 0.751. The van der Waals surface area contributed by atoms with Crippen molar-refractivity contribution in [3.8, 4) is 11.3 Å². The molecular weight excluding hydrogens is 314 g/mol. The molecule has 1 unspecified atom stereocenters. The van der Waals surface area contributed by atoms with Crippen molar-refractivity contribution in [1.82, 2.24) is 25.3 Å². The van der Waals surface area contributed by atoms with Crippen molar-refractivity contribution in [2.45, 2.75) is 33.7 Å². The Morgan fingerprint density at radius 3 is 2.56 bits per heavy atom. The van der Waals surface area contributed by atoms with E-state index in [1.807, 2.05) is 62.7 Å². The Morgan fingerprint density at radius 1 is 1.20 bits per heavy atom. The molecule has 0 aliphatic rings. The summed E-state index contributed by atoms with van der Waals surface area (Å²) in [7, 11) is 0. The van der Waals surface area contributed by atoms with Gasteiger partial charge in [0.1, 0.15) is 5.69 Å². The van der Waals surface area contributed by atoms with Gasteiger partial charge in [-0.1, -0.05) is 29.8 Å². The van der Waals surface area contributed by atoms with Crippen LogP contribution in [0.4, 0.5) is 0 Å². The molecule has 0 saturated carbocycles. The van der Waals surface area contributed by atoms with E-state index in [2.05, 4.69) is 20.6 Å². The molecule has 1 amide bonds. The molecule has 0 radical (unpaired) electrons. The fraction of sp³-hybridized carbons (Fsp3) is 0.316. The Morgan fingerprint density at radius 2 is 1.92 bits per heavy atom. The number of hydrogen-bond acceptors (Lipinski definition) is 3. The lowest BCUT2D eigenvalue weighted by molar-refractivity contribution is 0.0942. The van der Waals surface area contributed by atoms with Gasteiger partial charge in [0.05, 0.1) is 17.4 Å². The van der Waals surface area contributed by atoms with Crippen molar-refractivity contribution < 1.29 is 4.79 Å². The molecule has 0 fully saturated rings. The van der Waals surface area contributed by atoms with Gasteiger partial charge >= 0.3 is 0 Å². The van der Waals surface area contributed by atoms with Crippen molar-refractivity contribution in [1.29, 1.82) is 0 Å². The van der Waals surface area contributed by atoms with Gasteiger partial charge in [0.15, 0.2) is 0 Å². The molecule has 2 N–H and O–H groups in total. The highest BCUT2D eigenvalue weighted by atomic mass is 16.1. The summed E-state index contributed by atoms with van der Waals surface area (Å²) in [5.74, 6) is -0.167. The number of nitrogens with zero attached hydrogens (tertiary/aromatic N) is 3. The Balaban J connectivity index is 1.64. The molecule has 6 nitrogen and oxygen atoms in total. The third-order valence-electron chi connectivity index (χ3n) is 4.19. The van der Waals surface area contributed by atoms with E-state index in [4.69, 9.17) is 0 Å². The van der Waals surface area contributed by atoms with E-state index in [9.17, 15) is 4.79 Å². The van der Waals surface area contributed by atoms with Crippen LogP contribution in [0.1, 0.15) is 40.4 Å². The predicted octanol–water partition coefficient (Wildman–Crippen LogP) is 3.19. The number of aromatic nitrogens is 4. The highest BCUT2D eigenvalue weighted by Crippen LogP contribution is 2.18. The first-order valence-corrected chi connectivity index (χ1v) is 8.37. The van der Waals surface area contributed by atoms with Gasteiger partial charge in [-0.3, -0.25) is 14.6 Å². The van der Waals surface area contributed by atoms with Gasteiger partial charge in [-0.2, -0.15) is 10.2 Å². The zero-order valence-electron chi connectivity index (χ0n) is 15.0. The van der Waals surface area contributed by atoms with E-state index in [0.717, 1.165) is 22.6 Å². The molecule has 6 heteroatoms. The van der Waals surface area contributed by atoms with Gasteiger partial charge in [-0.05, 0) is 39.8 Å². The van der Waals surface area contributed by atoms with Crippen LogP contribution in [0.5, 0.6) is 0 Å². The van der Waals surface area contributed by atoms with E-state index in [0.29, 0.717) is 12.2 Å². The molecule has 0 saturated heterocycles. The summed E-state index contributed by atoms with van der Waals surface area (Å²) in [4.78, 5) is 12.4. The van der Waals surface area contributed by atoms with Crippen LogP contribution in [0.25, 0.3) is 11.3 Å². The molecule has 130 valence electrons. The zero-order chi connectivity index (χ0) is 18.0. The van der Waals surface area contributed by atoms with E-state index in [1.54, 1.807) is 6.07 Å². The molecule has 0 aliphatic heterocycles. The van der Waals surface area contributed by atoms with Crippen LogP contribution in [0.3, 0.4) is 0 Å². The van der Waals surface area contributed by atoms with Gasteiger partial charge in [0.2, 0.25) is 0 Å². The first-order valence-electron chi connectivity index (χ1n) is 8.37. The number of hydrogen-bond donors (Lipinski definition) is 2. The fourth-order valence-corrected chi connectivity index (χ4v) is 2.82. The van der Waals surface area contributed by atoms with Crippen LogP contribution in [0.2, 0.25) is 0 Å². The van der Waals surface area contributed by atoms with Crippen molar-refractivity contribution in [3.63, 3.8) is 0 Å². The molecule has 0 aliphatic carbocycles. The molecule has 25 heavy (non-hydrogen) atoms. The second-order valence-electron chi connectivity index (χ2n) is 6.46. The standard InChI is InChI=1S/C19H23N5O/c1-12-5-7-16(8-6-12)17-10-18(22-21-17)19(25)20-11-15(4)24-14(3)9-13(2)23-24/h5-10,15H,11H2,1-4H3,(H,20,25)(H,21,22). The SMILES string of the molecule is Cc1ccc(-c2cc(C(=O)NCC(C)n3nc(C)cc3C)[nH]n2)cc1. The minimum absolute atomic E-state index is 0.0807. The van der Waals surface area contributed by atoms with Gasteiger partial charge < -0.3 is 5.32 Å². The lowest BCUT2D eigenvalue weighted by atomic mass is 10.1. The van der Waals surface area contributed by atoms with Crippen molar-refractivity contribution in [2.75, 3.05) is 6.54 Å². The average Bonchev–Trinajstić information content (AvgIpc) is 3.20. The molecule has 0 spiro atoms. The van der Waals surface area contributed by atoms with E-state index < -0.39 is 0 Å². The number of benzene rings is 1. The van der Waals surface area contributed by atoms with E-state index in [-0.39, 0.29) is 11.9 Å². The molecule has 1 atom stereocenters. The number of aromatic amines is 1. The second kappa shape index (κ2) is 6.93. The van der Waals surface area contributed by atoms with Crippen LogP contribution in [-0.2, 0) is 0 Å². The van der Waals surface area contributed by atoms with Gasteiger partial charge in [-0.25, -0.2) is 0 Å². The summed E-state index contributed by atoms with van der Waals surface area (Å²) in [5.41, 5.74) is 5.45. The Bertz CT molecular complexity index is 876.